The van der Waals surface area contributed by atoms with Gasteiger partial charge in [0.25, 0.3) is 0 Å². The number of nitriles is 2. The number of para-hydroxylation sites is 8. The van der Waals surface area contributed by atoms with E-state index in [2.05, 4.69) is 88.6 Å². The Morgan fingerprint density at radius 2 is 0.500 bits per heavy atom. The number of nitrogens with zero attached hydrogens (tertiary/aromatic N) is 8. The molecule has 0 unspecified atom stereocenters. The number of benzene rings is 12. The molecule has 14 heteroatoms. The van der Waals surface area contributed by atoms with E-state index >= 15 is 0 Å². The van der Waals surface area contributed by atoms with Crippen LogP contribution in [-0.2, 0) is 12.4 Å². The third-order valence-corrected chi connectivity index (χ3v) is 19.6. The van der Waals surface area contributed by atoms with Crippen molar-refractivity contribution in [3.63, 3.8) is 0 Å². The maximum Gasteiger partial charge on any atom is 0.415 e. The highest BCUT2D eigenvalue weighted by atomic mass is 19.4. The fourth-order valence-electron chi connectivity index (χ4n) is 15.4. The Morgan fingerprint density at radius 3 is 0.670 bits per heavy atom. The first kappa shape index (κ1) is 63.4. The molecule has 0 aliphatic rings. The van der Waals surface area contributed by atoms with E-state index in [1.807, 2.05) is 152 Å². The summed E-state index contributed by atoms with van der Waals surface area (Å²) in [4.78, 5) is 6.98. The minimum Gasteiger partial charge on any atom is -0.308 e. The van der Waals surface area contributed by atoms with Crippen LogP contribution < -0.4 is 0 Å². The number of aromatic nitrogens is 4. The van der Waals surface area contributed by atoms with Gasteiger partial charge in [0, 0.05) is 65.3 Å². The summed E-state index contributed by atoms with van der Waals surface area (Å²) in [7, 11) is 0. The van der Waals surface area contributed by atoms with Gasteiger partial charge in [-0.2, -0.15) is 36.9 Å². The summed E-state index contributed by atoms with van der Waals surface area (Å²) in [5, 5.41) is 29.1. The molecule has 16 aromatic rings. The summed E-state index contributed by atoms with van der Waals surface area (Å²) in [6, 6.07) is 67.4. The molecule has 100 heavy (non-hydrogen) atoms. The molecule has 8 nitrogen and oxygen atoms in total. The second-order valence-corrected chi connectivity index (χ2v) is 25.9. The molecule has 0 bridgehead atoms. The molecule has 0 N–H and O–H groups in total. The zero-order valence-corrected chi connectivity index (χ0v) is 55.5. The molecule has 0 radical (unpaired) electrons. The molecular formula is C86H58F6N8. The van der Waals surface area contributed by atoms with E-state index in [1.54, 1.807) is 24.3 Å². The largest absolute Gasteiger partial charge is 0.415 e. The van der Waals surface area contributed by atoms with Crippen molar-refractivity contribution in [1.29, 1.82) is 10.5 Å². The van der Waals surface area contributed by atoms with E-state index in [9.17, 15) is 36.9 Å². The van der Waals surface area contributed by atoms with Crippen LogP contribution in [-0.4, -0.2) is 18.3 Å². The van der Waals surface area contributed by atoms with E-state index in [-0.39, 0.29) is 22.5 Å². The Hall–Kier alpha value is -12.6. The third kappa shape index (κ3) is 9.93. The van der Waals surface area contributed by atoms with E-state index in [4.69, 9.17) is 13.1 Å². The van der Waals surface area contributed by atoms with Gasteiger partial charge in [0.05, 0.1) is 103 Å². The van der Waals surface area contributed by atoms with Crippen molar-refractivity contribution in [3.05, 3.63) is 296 Å². The SMILES string of the molecule is [C-]#[N+]c1cc(-c2c(-n3c4c(C)cccc4c4cccc(C)c43)cc(C#N)cc2-n2c3c(C)cccc3c3cccc(C)c32)cc(C(F)(F)F)c1.[C-]#[N+]c1cc(-c2c(-n3c4c(C)cccc4c4cccc(C)c43)cc(C#N)cc2-n2c3c(C)cccc3c3cccc(C)c32)cc(C(F)(F)F)c1. The Balaban J connectivity index is 0.000000162. The molecule has 0 spiro atoms. The minimum absolute atomic E-state index is 0.125. The second kappa shape index (κ2) is 23.6. The predicted molar refractivity (Wildman–Crippen MR) is 391 cm³/mol. The maximum atomic E-state index is 14.6. The lowest BCUT2D eigenvalue weighted by Crippen LogP contribution is -2.08. The number of hydrogen-bond donors (Lipinski definition) is 0. The van der Waals surface area contributed by atoms with Gasteiger partial charge < -0.3 is 18.3 Å². The number of aryl methyl sites for hydroxylation is 8. The van der Waals surface area contributed by atoms with Gasteiger partial charge in [-0.05, 0) is 172 Å². The average Bonchev–Trinajstić information content (AvgIpc) is 1.52. The van der Waals surface area contributed by atoms with Gasteiger partial charge in [0.15, 0.2) is 11.4 Å². The second-order valence-electron chi connectivity index (χ2n) is 25.9. The minimum atomic E-state index is -4.69. The fourth-order valence-corrected chi connectivity index (χ4v) is 15.4. The number of hydrogen-bond acceptors (Lipinski definition) is 2. The van der Waals surface area contributed by atoms with Crippen molar-refractivity contribution in [2.24, 2.45) is 0 Å². The summed E-state index contributed by atoms with van der Waals surface area (Å²) in [5.74, 6) is 0. The van der Waals surface area contributed by atoms with Gasteiger partial charge in [0.1, 0.15) is 0 Å². The summed E-state index contributed by atoms with van der Waals surface area (Å²) in [5.41, 5.74) is 17.2. The van der Waals surface area contributed by atoms with Gasteiger partial charge in [-0.3, -0.25) is 0 Å². The standard InChI is InChI=1S/2C43H29F3N4/c2*1-24-10-6-14-32-33-15-7-11-25(2)40(33)49(39(24)32)36-18-28(23-47)19-37(38(36)29-20-30(43(44,45)46)22-31(21-29)48-5)50-41-26(3)12-8-16-34(41)35-17-9-13-27(4)42(35)50/h2*6-22H,1-4H3. The van der Waals surface area contributed by atoms with Crippen molar-refractivity contribution < 1.29 is 26.3 Å². The zero-order chi connectivity index (χ0) is 70.1. The first-order valence-electron chi connectivity index (χ1n) is 32.4. The normalized spacial score (nSPS) is 11.9. The lowest BCUT2D eigenvalue weighted by molar-refractivity contribution is -0.138. The smallest absolute Gasteiger partial charge is 0.308 e. The molecule has 0 atom stereocenters. The highest BCUT2D eigenvalue weighted by molar-refractivity contribution is 6.16. The molecule has 0 saturated heterocycles. The topological polar surface area (TPSA) is 76.0 Å². The molecule has 4 heterocycles. The first-order valence-corrected chi connectivity index (χ1v) is 32.4. The molecular weight excluding hydrogens is 1260 g/mol. The van der Waals surface area contributed by atoms with Crippen LogP contribution in [0.25, 0.3) is 142 Å². The highest BCUT2D eigenvalue weighted by Gasteiger charge is 2.35. The van der Waals surface area contributed by atoms with E-state index < -0.39 is 23.5 Å². The Bertz CT molecular complexity index is 5490. The van der Waals surface area contributed by atoms with Crippen molar-refractivity contribution in [2.45, 2.75) is 67.7 Å². The quantitative estimate of drug-likeness (QED) is 0.123. The van der Waals surface area contributed by atoms with Crippen LogP contribution in [0.2, 0.25) is 0 Å². The Morgan fingerprint density at radius 1 is 0.300 bits per heavy atom. The summed E-state index contributed by atoms with van der Waals surface area (Å²) in [6.07, 6.45) is -9.38. The molecule has 484 valence electrons. The lowest BCUT2D eigenvalue weighted by atomic mass is 9.95. The third-order valence-electron chi connectivity index (χ3n) is 19.6. The van der Waals surface area contributed by atoms with Crippen molar-refractivity contribution >= 4 is 98.6 Å². The molecule has 0 saturated carbocycles. The molecule has 0 aliphatic carbocycles. The van der Waals surface area contributed by atoms with Crippen LogP contribution in [0.15, 0.2) is 206 Å². The van der Waals surface area contributed by atoms with Crippen LogP contribution in [0.3, 0.4) is 0 Å². The molecule has 12 aromatic carbocycles. The van der Waals surface area contributed by atoms with Crippen LogP contribution >= 0.6 is 0 Å². The molecule has 0 aliphatic heterocycles. The zero-order valence-electron chi connectivity index (χ0n) is 55.5. The molecule has 0 amide bonds. The summed E-state index contributed by atoms with van der Waals surface area (Å²) < 4.78 is 95.7. The lowest BCUT2D eigenvalue weighted by Gasteiger charge is -2.23. The summed E-state index contributed by atoms with van der Waals surface area (Å²) in [6.45, 7) is 31.7. The average molecular weight is 1320 g/mol. The highest BCUT2D eigenvalue weighted by Crippen LogP contribution is 2.50. The van der Waals surface area contributed by atoms with Crippen LogP contribution in [0.5, 0.6) is 0 Å². The first-order chi connectivity index (χ1) is 48.0. The van der Waals surface area contributed by atoms with Crippen LogP contribution in [0, 0.1) is 91.2 Å². The Kier molecular flexibility index (Phi) is 15.0. The molecule has 0 fully saturated rings. The van der Waals surface area contributed by atoms with Gasteiger partial charge >= 0.3 is 12.4 Å². The maximum absolute atomic E-state index is 14.6. The summed E-state index contributed by atoms with van der Waals surface area (Å²) >= 11 is 0. The van der Waals surface area contributed by atoms with Gasteiger partial charge in [0.2, 0.25) is 0 Å². The number of halogens is 6. The van der Waals surface area contributed by atoms with Crippen molar-refractivity contribution in [3.8, 4) is 57.1 Å². The van der Waals surface area contributed by atoms with E-state index in [0.717, 1.165) is 156 Å². The van der Waals surface area contributed by atoms with Gasteiger partial charge in [-0.25, -0.2) is 9.69 Å². The number of fused-ring (bicyclic) bond motifs is 12. The van der Waals surface area contributed by atoms with Crippen molar-refractivity contribution in [2.75, 3.05) is 0 Å². The Labute approximate surface area is 571 Å². The van der Waals surface area contributed by atoms with Gasteiger partial charge in [-0.1, -0.05) is 146 Å². The molecule has 4 aromatic heterocycles. The van der Waals surface area contributed by atoms with E-state index in [0.29, 0.717) is 45.0 Å². The van der Waals surface area contributed by atoms with Crippen molar-refractivity contribution in [1.82, 2.24) is 18.3 Å². The van der Waals surface area contributed by atoms with Gasteiger partial charge in [-0.15, -0.1) is 0 Å². The monoisotopic (exact) mass is 1320 g/mol. The fraction of sp³-hybridized carbons (Fsp3) is 0.116. The predicted octanol–water partition coefficient (Wildman–Crippen LogP) is 24.4. The number of alkyl halides is 6. The molecule has 16 rings (SSSR count). The number of rotatable bonds is 6. The van der Waals surface area contributed by atoms with Crippen LogP contribution in [0.1, 0.15) is 66.8 Å². The van der Waals surface area contributed by atoms with E-state index in [1.165, 1.54) is 12.1 Å². The van der Waals surface area contributed by atoms with Crippen LogP contribution in [0.4, 0.5) is 37.7 Å².